The Kier molecular flexibility index (Phi) is 5.38. The zero-order chi connectivity index (χ0) is 19.4. The van der Waals surface area contributed by atoms with Crippen LogP contribution in [0.5, 0.6) is 0 Å². The van der Waals surface area contributed by atoms with Gasteiger partial charge in [0.1, 0.15) is 11.6 Å². The van der Waals surface area contributed by atoms with Gasteiger partial charge in [-0.3, -0.25) is 4.79 Å². The van der Waals surface area contributed by atoms with Gasteiger partial charge in [0.05, 0.1) is 23.3 Å². The molecule has 0 atom stereocenters. The second-order valence-electron chi connectivity index (χ2n) is 5.87. The molecule has 2 N–H and O–H groups in total. The molecule has 27 heavy (non-hydrogen) atoms. The second kappa shape index (κ2) is 7.73. The van der Waals surface area contributed by atoms with Gasteiger partial charge in [-0.25, -0.2) is 17.5 Å². The van der Waals surface area contributed by atoms with E-state index in [0.29, 0.717) is 11.4 Å². The summed E-state index contributed by atoms with van der Waals surface area (Å²) in [4.78, 5) is 12.1. The predicted octanol–water partition coefficient (Wildman–Crippen LogP) is 3.46. The van der Waals surface area contributed by atoms with E-state index in [1.54, 1.807) is 36.4 Å². The van der Waals surface area contributed by atoms with E-state index in [4.69, 9.17) is 4.42 Å². The molecule has 0 saturated carbocycles. The van der Waals surface area contributed by atoms with Crippen molar-refractivity contribution in [1.82, 2.24) is 4.72 Å². The number of sulfonamides is 1. The van der Waals surface area contributed by atoms with E-state index in [9.17, 15) is 17.6 Å². The van der Waals surface area contributed by atoms with Gasteiger partial charge < -0.3 is 9.73 Å². The van der Waals surface area contributed by atoms with E-state index in [1.807, 2.05) is 6.92 Å². The maximum absolute atomic E-state index is 14.1. The third-order valence-corrected chi connectivity index (χ3v) is 5.22. The number of anilines is 1. The molecule has 140 valence electrons. The van der Waals surface area contributed by atoms with E-state index < -0.39 is 21.7 Å². The van der Waals surface area contributed by atoms with Gasteiger partial charge in [0.15, 0.2) is 0 Å². The third-order valence-electron chi connectivity index (χ3n) is 3.82. The van der Waals surface area contributed by atoms with Crippen LogP contribution in [-0.2, 0) is 16.6 Å². The number of furan rings is 1. The fraction of sp³-hybridized carbons (Fsp3) is 0.105. The van der Waals surface area contributed by atoms with Crippen molar-refractivity contribution in [1.29, 1.82) is 0 Å². The monoisotopic (exact) mass is 388 g/mol. The van der Waals surface area contributed by atoms with Crippen molar-refractivity contribution in [3.8, 4) is 0 Å². The zero-order valence-electron chi connectivity index (χ0n) is 14.4. The van der Waals surface area contributed by atoms with Gasteiger partial charge in [-0.15, -0.1) is 0 Å². The topological polar surface area (TPSA) is 88.4 Å². The van der Waals surface area contributed by atoms with Gasteiger partial charge in [0.2, 0.25) is 10.0 Å². The molecule has 0 aliphatic heterocycles. The summed E-state index contributed by atoms with van der Waals surface area (Å²) in [5.41, 5.74) is 1.13. The summed E-state index contributed by atoms with van der Waals surface area (Å²) < 4.78 is 46.3. The van der Waals surface area contributed by atoms with Gasteiger partial charge in [-0.05, 0) is 49.4 Å². The summed E-state index contributed by atoms with van der Waals surface area (Å²) in [5.74, 6) is -1.12. The Morgan fingerprint density at radius 1 is 1.11 bits per heavy atom. The highest BCUT2D eigenvalue weighted by Crippen LogP contribution is 2.18. The van der Waals surface area contributed by atoms with Gasteiger partial charge in [-0.2, -0.15) is 0 Å². The number of carbonyl (C=O) groups is 1. The highest BCUT2D eigenvalue weighted by Gasteiger charge is 2.20. The minimum absolute atomic E-state index is 0.0579. The molecule has 0 aliphatic rings. The van der Waals surface area contributed by atoms with Crippen LogP contribution < -0.4 is 10.0 Å². The molecule has 2 aromatic carbocycles. The van der Waals surface area contributed by atoms with Crippen LogP contribution in [-0.4, -0.2) is 14.3 Å². The van der Waals surface area contributed by atoms with Crippen molar-refractivity contribution in [3.63, 3.8) is 0 Å². The average Bonchev–Trinajstić information content (AvgIpc) is 3.16. The summed E-state index contributed by atoms with van der Waals surface area (Å²) in [5, 5.41) is 2.55. The van der Waals surface area contributed by atoms with Crippen LogP contribution in [0.25, 0.3) is 0 Å². The van der Waals surface area contributed by atoms with Crippen LogP contribution in [0.3, 0.4) is 0 Å². The van der Waals surface area contributed by atoms with Gasteiger partial charge in [-0.1, -0.05) is 17.7 Å². The first-order valence-electron chi connectivity index (χ1n) is 8.05. The molecule has 0 radical (unpaired) electrons. The fourth-order valence-electron chi connectivity index (χ4n) is 2.34. The van der Waals surface area contributed by atoms with Crippen molar-refractivity contribution in [2.45, 2.75) is 18.4 Å². The number of benzene rings is 2. The molecule has 1 aromatic heterocycles. The van der Waals surface area contributed by atoms with E-state index in [1.165, 1.54) is 6.26 Å². The molecule has 3 aromatic rings. The van der Waals surface area contributed by atoms with Crippen LogP contribution in [0.4, 0.5) is 10.1 Å². The van der Waals surface area contributed by atoms with Gasteiger partial charge in [0, 0.05) is 5.69 Å². The largest absolute Gasteiger partial charge is 0.468 e. The summed E-state index contributed by atoms with van der Waals surface area (Å²) in [6.07, 6.45) is 1.43. The standard InChI is InChI=1S/C19H17FN2O4S/c1-13-4-6-14(7-5-13)22-19(23)17-11-16(8-9-18(17)20)27(24,25)21-12-15-3-2-10-26-15/h2-11,21H,12H2,1H3,(H,22,23). The quantitative estimate of drug-likeness (QED) is 0.677. The fourth-order valence-corrected chi connectivity index (χ4v) is 3.36. The van der Waals surface area contributed by atoms with Crippen LogP contribution in [0.2, 0.25) is 0 Å². The molecule has 6 nitrogen and oxygen atoms in total. The summed E-state index contributed by atoms with van der Waals surface area (Å²) in [6.45, 7) is 1.84. The number of nitrogens with one attached hydrogen (secondary N) is 2. The van der Waals surface area contributed by atoms with Crippen LogP contribution in [0.15, 0.2) is 70.2 Å². The molecule has 3 rings (SSSR count). The Morgan fingerprint density at radius 2 is 1.85 bits per heavy atom. The van der Waals surface area contributed by atoms with E-state index in [0.717, 1.165) is 23.8 Å². The molecule has 8 heteroatoms. The minimum atomic E-state index is -3.94. The highest BCUT2D eigenvalue weighted by molar-refractivity contribution is 7.89. The van der Waals surface area contributed by atoms with Crippen molar-refractivity contribution in [3.05, 3.63) is 83.6 Å². The number of hydrogen-bond donors (Lipinski definition) is 2. The van der Waals surface area contributed by atoms with Crippen molar-refractivity contribution in [2.75, 3.05) is 5.32 Å². The maximum Gasteiger partial charge on any atom is 0.258 e. The van der Waals surface area contributed by atoms with Crippen molar-refractivity contribution in [2.24, 2.45) is 0 Å². The Hall–Kier alpha value is -2.97. The Labute approximate surface area is 156 Å². The lowest BCUT2D eigenvalue weighted by Gasteiger charge is -2.10. The number of aryl methyl sites for hydroxylation is 1. The van der Waals surface area contributed by atoms with Crippen molar-refractivity contribution >= 4 is 21.6 Å². The number of hydrogen-bond acceptors (Lipinski definition) is 4. The molecule has 1 amide bonds. The van der Waals surface area contributed by atoms with Gasteiger partial charge in [0.25, 0.3) is 5.91 Å². The maximum atomic E-state index is 14.1. The summed E-state index contributed by atoms with van der Waals surface area (Å²) in [6, 6.07) is 13.3. The molecule has 0 bridgehead atoms. The molecule has 0 spiro atoms. The predicted molar refractivity (Wildman–Crippen MR) is 98.3 cm³/mol. The molecule has 0 aliphatic carbocycles. The van der Waals surface area contributed by atoms with E-state index in [-0.39, 0.29) is 17.0 Å². The lowest BCUT2D eigenvalue weighted by molar-refractivity contribution is 0.102. The molecular formula is C19H17FN2O4S. The summed E-state index contributed by atoms with van der Waals surface area (Å²) >= 11 is 0. The Balaban J connectivity index is 1.80. The van der Waals surface area contributed by atoms with Crippen LogP contribution in [0, 0.1) is 12.7 Å². The SMILES string of the molecule is Cc1ccc(NC(=O)c2cc(S(=O)(=O)NCc3ccco3)ccc2F)cc1. The van der Waals surface area contributed by atoms with Crippen LogP contribution in [0.1, 0.15) is 21.7 Å². The van der Waals surface area contributed by atoms with Gasteiger partial charge >= 0.3 is 0 Å². The molecule has 1 heterocycles. The average molecular weight is 388 g/mol. The van der Waals surface area contributed by atoms with E-state index >= 15 is 0 Å². The molecule has 0 unspecified atom stereocenters. The number of amides is 1. The highest BCUT2D eigenvalue weighted by atomic mass is 32.2. The third kappa shape index (κ3) is 4.60. The Bertz CT molecular complexity index is 1050. The molecule has 0 saturated heterocycles. The molecule has 0 fully saturated rings. The summed E-state index contributed by atoms with van der Waals surface area (Å²) in [7, 11) is -3.94. The first-order chi connectivity index (χ1) is 12.8. The number of carbonyl (C=O) groups excluding carboxylic acids is 1. The van der Waals surface area contributed by atoms with Crippen LogP contribution >= 0.6 is 0 Å². The normalized spacial score (nSPS) is 11.3. The first-order valence-corrected chi connectivity index (χ1v) is 9.53. The van der Waals surface area contributed by atoms with Crippen molar-refractivity contribution < 1.29 is 22.0 Å². The zero-order valence-corrected chi connectivity index (χ0v) is 15.2. The lowest BCUT2D eigenvalue weighted by Crippen LogP contribution is -2.24. The number of halogens is 1. The lowest BCUT2D eigenvalue weighted by atomic mass is 10.2. The van der Waals surface area contributed by atoms with E-state index in [2.05, 4.69) is 10.0 Å². The molecular weight excluding hydrogens is 371 g/mol. The smallest absolute Gasteiger partial charge is 0.258 e. The Morgan fingerprint density at radius 3 is 2.52 bits per heavy atom. The minimum Gasteiger partial charge on any atom is -0.468 e. The number of rotatable bonds is 6. The second-order valence-corrected chi connectivity index (χ2v) is 7.63. The first kappa shape index (κ1) is 18.8.